The molecule has 4 heteroatoms. The van der Waals surface area contributed by atoms with Gasteiger partial charge in [-0.15, -0.1) is 0 Å². The summed E-state index contributed by atoms with van der Waals surface area (Å²) in [5, 5.41) is 2.73. The van der Waals surface area contributed by atoms with Crippen LogP contribution in [0, 0.1) is 0 Å². The van der Waals surface area contributed by atoms with Crippen LogP contribution in [-0.2, 0) is 0 Å². The smallest absolute Gasteiger partial charge is 0.270 e. The van der Waals surface area contributed by atoms with E-state index in [1.165, 1.54) is 6.33 Å². The van der Waals surface area contributed by atoms with Gasteiger partial charge in [0.1, 0.15) is 12.0 Å². The molecule has 0 aromatic carbocycles. The summed E-state index contributed by atoms with van der Waals surface area (Å²) in [6.07, 6.45) is 2.90. The average Bonchev–Trinajstić information content (AvgIpc) is 2.05. The number of nitrogens with one attached hydrogen (secondary N) is 1. The maximum Gasteiger partial charge on any atom is 0.270 e. The van der Waals surface area contributed by atoms with Crippen LogP contribution in [0.15, 0.2) is 18.6 Å². The Morgan fingerprint density at radius 2 is 2.33 bits per heavy atom. The quantitative estimate of drug-likeness (QED) is 0.698. The van der Waals surface area contributed by atoms with Crippen molar-refractivity contribution >= 4 is 5.91 Å². The van der Waals surface area contributed by atoms with Gasteiger partial charge in [-0.25, -0.2) is 9.97 Å². The van der Waals surface area contributed by atoms with E-state index >= 15 is 0 Å². The number of nitrogens with zero attached hydrogens (tertiary/aromatic N) is 2. The Labute approximate surface area is 71.0 Å². The van der Waals surface area contributed by atoms with Crippen LogP contribution in [0.3, 0.4) is 0 Å². The lowest BCUT2D eigenvalue weighted by Gasteiger charge is -2.06. The molecule has 1 aromatic rings. The Morgan fingerprint density at radius 3 is 2.83 bits per heavy atom. The number of hydrogen-bond donors (Lipinski definition) is 1. The van der Waals surface area contributed by atoms with Crippen LogP contribution in [0.25, 0.3) is 0 Å². The first kappa shape index (κ1) is 8.64. The highest BCUT2D eigenvalue weighted by Crippen LogP contribution is 1.91. The summed E-state index contributed by atoms with van der Waals surface area (Å²) in [4.78, 5) is 18.8. The molecule has 0 saturated carbocycles. The van der Waals surface area contributed by atoms with E-state index in [4.69, 9.17) is 0 Å². The highest BCUT2D eigenvalue weighted by atomic mass is 16.1. The molecule has 0 spiro atoms. The number of amides is 1. The second-order valence-electron chi connectivity index (χ2n) is 2.72. The Morgan fingerprint density at radius 1 is 1.58 bits per heavy atom. The summed E-state index contributed by atoms with van der Waals surface area (Å²) < 4.78 is 0. The van der Waals surface area contributed by atoms with Crippen LogP contribution in [-0.4, -0.2) is 21.9 Å². The third-order valence-electron chi connectivity index (χ3n) is 1.23. The van der Waals surface area contributed by atoms with Crippen molar-refractivity contribution in [3.63, 3.8) is 0 Å². The Balaban J connectivity index is 2.66. The molecule has 0 aliphatic rings. The predicted octanol–water partition coefficient (Wildman–Crippen LogP) is 0.615. The molecular weight excluding hydrogens is 154 g/mol. The number of aromatic nitrogens is 2. The largest absolute Gasteiger partial charge is 0.349 e. The van der Waals surface area contributed by atoms with Crippen molar-refractivity contribution in [3.05, 3.63) is 24.3 Å². The van der Waals surface area contributed by atoms with Crippen molar-refractivity contribution in [2.24, 2.45) is 0 Å². The van der Waals surface area contributed by atoms with Crippen LogP contribution in [0.5, 0.6) is 0 Å². The van der Waals surface area contributed by atoms with E-state index in [0.29, 0.717) is 5.69 Å². The molecule has 1 N–H and O–H groups in total. The van der Waals surface area contributed by atoms with E-state index in [-0.39, 0.29) is 11.9 Å². The van der Waals surface area contributed by atoms with Crippen LogP contribution >= 0.6 is 0 Å². The molecule has 1 rings (SSSR count). The normalized spacial score (nSPS) is 9.92. The van der Waals surface area contributed by atoms with Gasteiger partial charge in [0.15, 0.2) is 0 Å². The lowest BCUT2D eigenvalue weighted by Crippen LogP contribution is -2.30. The van der Waals surface area contributed by atoms with Crippen LogP contribution in [0.1, 0.15) is 24.3 Å². The van der Waals surface area contributed by atoms with Gasteiger partial charge in [0.25, 0.3) is 5.91 Å². The molecule has 0 saturated heterocycles. The first-order valence-electron chi connectivity index (χ1n) is 3.77. The van der Waals surface area contributed by atoms with Crippen LogP contribution in [0.4, 0.5) is 0 Å². The highest BCUT2D eigenvalue weighted by Gasteiger charge is 2.06. The van der Waals surface area contributed by atoms with Gasteiger partial charge < -0.3 is 5.32 Å². The zero-order valence-corrected chi connectivity index (χ0v) is 7.11. The van der Waals surface area contributed by atoms with Crippen molar-refractivity contribution in [1.82, 2.24) is 15.3 Å². The molecule has 12 heavy (non-hydrogen) atoms. The molecule has 0 atom stereocenters. The lowest BCUT2D eigenvalue weighted by atomic mass is 10.3. The third kappa shape index (κ3) is 2.30. The van der Waals surface area contributed by atoms with Gasteiger partial charge in [0.05, 0.1) is 0 Å². The Kier molecular flexibility index (Phi) is 2.74. The minimum atomic E-state index is -0.160. The van der Waals surface area contributed by atoms with Crippen molar-refractivity contribution in [3.8, 4) is 0 Å². The summed E-state index contributed by atoms with van der Waals surface area (Å²) in [7, 11) is 0. The predicted molar refractivity (Wildman–Crippen MR) is 44.6 cm³/mol. The minimum Gasteiger partial charge on any atom is -0.349 e. The van der Waals surface area contributed by atoms with Crippen molar-refractivity contribution < 1.29 is 4.79 Å². The van der Waals surface area contributed by atoms with Crippen molar-refractivity contribution in [2.45, 2.75) is 19.9 Å². The van der Waals surface area contributed by atoms with Gasteiger partial charge in [-0.3, -0.25) is 4.79 Å². The molecule has 0 radical (unpaired) electrons. The van der Waals surface area contributed by atoms with Gasteiger partial charge >= 0.3 is 0 Å². The molecule has 64 valence electrons. The van der Waals surface area contributed by atoms with Gasteiger partial charge in [-0.05, 0) is 19.9 Å². The fourth-order valence-electron chi connectivity index (χ4n) is 0.761. The van der Waals surface area contributed by atoms with Crippen LogP contribution < -0.4 is 5.32 Å². The monoisotopic (exact) mass is 165 g/mol. The van der Waals surface area contributed by atoms with Gasteiger partial charge in [0, 0.05) is 12.2 Å². The fourth-order valence-corrected chi connectivity index (χ4v) is 0.761. The summed E-state index contributed by atoms with van der Waals surface area (Å²) >= 11 is 0. The molecule has 0 fully saturated rings. The zero-order chi connectivity index (χ0) is 8.97. The van der Waals surface area contributed by atoms with E-state index in [1.807, 2.05) is 13.8 Å². The van der Waals surface area contributed by atoms with Crippen molar-refractivity contribution in [2.75, 3.05) is 0 Å². The lowest BCUT2D eigenvalue weighted by molar-refractivity contribution is 0.0938. The molecule has 0 unspecified atom stereocenters. The fraction of sp³-hybridized carbons (Fsp3) is 0.375. The SMILES string of the molecule is CC(C)NC(=O)c1ccncn1. The van der Waals surface area contributed by atoms with E-state index in [1.54, 1.807) is 12.3 Å². The molecule has 1 heterocycles. The summed E-state index contributed by atoms with van der Waals surface area (Å²) in [5.74, 6) is -0.160. The molecular formula is C8H11N3O. The first-order chi connectivity index (χ1) is 5.70. The van der Waals surface area contributed by atoms with E-state index in [9.17, 15) is 4.79 Å². The molecule has 0 aliphatic carbocycles. The second kappa shape index (κ2) is 3.80. The summed E-state index contributed by atoms with van der Waals surface area (Å²) in [6, 6.07) is 1.71. The zero-order valence-electron chi connectivity index (χ0n) is 7.11. The molecule has 4 nitrogen and oxygen atoms in total. The topological polar surface area (TPSA) is 54.9 Å². The highest BCUT2D eigenvalue weighted by molar-refractivity contribution is 5.92. The third-order valence-corrected chi connectivity index (χ3v) is 1.23. The van der Waals surface area contributed by atoms with Gasteiger partial charge in [-0.2, -0.15) is 0 Å². The maximum atomic E-state index is 11.3. The van der Waals surface area contributed by atoms with Crippen molar-refractivity contribution in [1.29, 1.82) is 0 Å². The molecule has 1 aromatic heterocycles. The number of carbonyl (C=O) groups excluding carboxylic acids is 1. The molecule has 0 bridgehead atoms. The summed E-state index contributed by atoms with van der Waals surface area (Å²) in [5.41, 5.74) is 0.402. The molecule has 1 amide bonds. The van der Waals surface area contributed by atoms with E-state index < -0.39 is 0 Å². The van der Waals surface area contributed by atoms with Gasteiger partial charge in [-0.1, -0.05) is 0 Å². The maximum absolute atomic E-state index is 11.3. The van der Waals surface area contributed by atoms with Gasteiger partial charge in [0.2, 0.25) is 0 Å². The number of rotatable bonds is 2. The second-order valence-corrected chi connectivity index (χ2v) is 2.72. The number of carbonyl (C=O) groups is 1. The summed E-state index contributed by atoms with van der Waals surface area (Å²) in [6.45, 7) is 3.80. The molecule has 0 aliphatic heterocycles. The Bertz CT molecular complexity index is 258. The first-order valence-corrected chi connectivity index (χ1v) is 3.77. The average molecular weight is 165 g/mol. The van der Waals surface area contributed by atoms with E-state index in [0.717, 1.165) is 0 Å². The minimum absolute atomic E-state index is 0.132. The van der Waals surface area contributed by atoms with Crippen LogP contribution in [0.2, 0.25) is 0 Å². The Hall–Kier alpha value is -1.45. The van der Waals surface area contributed by atoms with E-state index in [2.05, 4.69) is 15.3 Å². The number of hydrogen-bond acceptors (Lipinski definition) is 3. The standard InChI is InChI=1S/C8H11N3O/c1-6(2)11-8(12)7-3-4-9-5-10-7/h3-6H,1-2H3,(H,11,12).